The van der Waals surface area contributed by atoms with Crippen molar-refractivity contribution in [3.05, 3.63) is 69.3 Å². The normalized spacial score (nSPS) is 12.3. The quantitative estimate of drug-likeness (QED) is 0.408. The summed E-state index contributed by atoms with van der Waals surface area (Å²) in [5.41, 5.74) is 7.60. The highest BCUT2D eigenvalue weighted by atomic mass is 14.3. The van der Waals surface area contributed by atoms with E-state index in [1.165, 1.54) is 5.56 Å². The molecular formula is C31H44N2. The van der Waals surface area contributed by atoms with E-state index >= 15 is 0 Å². The van der Waals surface area contributed by atoms with Gasteiger partial charge in [-0.15, -0.1) is 0 Å². The molecule has 0 saturated carbocycles. The summed E-state index contributed by atoms with van der Waals surface area (Å²) in [7, 11) is 0. The summed E-state index contributed by atoms with van der Waals surface area (Å²) in [6.07, 6.45) is 0. The lowest BCUT2D eigenvalue weighted by Gasteiger charge is -2.28. The van der Waals surface area contributed by atoms with Crippen LogP contribution >= 0.6 is 0 Å². The number of nitrogens with zero attached hydrogens (tertiary/aromatic N) is 2. The Morgan fingerprint density at radius 1 is 0.515 bits per heavy atom. The van der Waals surface area contributed by atoms with Crippen LogP contribution in [-0.2, 0) is 21.7 Å². The number of nitriles is 2. The van der Waals surface area contributed by atoms with Gasteiger partial charge < -0.3 is 0 Å². The van der Waals surface area contributed by atoms with E-state index in [9.17, 15) is 10.5 Å². The molecule has 0 heterocycles. The van der Waals surface area contributed by atoms with E-state index in [4.69, 9.17) is 0 Å². The summed E-state index contributed by atoms with van der Waals surface area (Å²) in [6.45, 7) is 28.0. The molecule has 2 rings (SSSR count). The molecule has 0 bridgehead atoms. The zero-order valence-electron chi connectivity index (χ0n) is 23.3. The first-order valence-corrected chi connectivity index (χ1v) is 11.8. The van der Waals surface area contributed by atoms with Crippen LogP contribution < -0.4 is 0 Å². The molecule has 0 atom stereocenters. The highest BCUT2D eigenvalue weighted by Gasteiger charge is 2.26. The molecule has 0 N–H and O–H groups in total. The molecule has 0 aromatic heterocycles. The van der Waals surface area contributed by atoms with Gasteiger partial charge in [0.05, 0.1) is 23.3 Å². The molecule has 2 aromatic rings. The lowest BCUT2D eigenvalue weighted by molar-refractivity contribution is 0.564. The minimum atomic E-state index is 0.0110. The van der Waals surface area contributed by atoms with Crippen molar-refractivity contribution in [1.29, 1.82) is 10.5 Å². The van der Waals surface area contributed by atoms with Gasteiger partial charge >= 0.3 is 0 Å². The van der Waals surface area contributed by atoms with E-state index in [1.807, 2.05) is 0 Å². The average Bonchev–Trinajstić information content (AvgIpc) is 2.64. The van der Waals surface area contributed by atoms with E-state index in [0.29, 0.717) is 0 Å². The van der Waals surface area contributed by atoms with Crippen molar-refractivity contribution in [3.8, 4) is 12.1 Å². The monoisotopic (exact) mass is 444 g/mol. The molecule has 0 radical (unpaired) electrons. The Labute approximate surface area is 203 Å². The first kappa shape index (κ1) is 28.5. The lowest BCUT2D eigenvalue weighted by Crippen LogP contribution is -2.20. The maximum absolute atomic E-state index is 9.47. The third kappa shape index (κ3) is 7.20. The highest BCUT2D eigenvalue weighted by molar-refractivity contribution is 5.52. The van der Waals surface area contributed by atoms with Gasteiger partial charge in [-0.25, -0.2) is 0 Å². The molecule has 33 heavy (non-hydrogen) atoms. The Morgan fingerprint density at radius 3 is 1.03 bits per heavy atom. The topological polar surface area (TPSA) is 47.6 Å². The summed E-state index contributed by atoms with van der Waals surface area (Å²) in [5, 5.41) is 18.8. The standard InChI is InChI=1S/C16H23N.C15H21N/c1-11-8-13(15(2,3)4)12(10-17)14(9-11)16(5,6)7;1-14(2,3)12-8-7-9-13(11(12)10-16)15(4,5)6/h8-9H,1-7H3;7-9H,1-6H3. The molecule has 0 aliphatic heterocycles. The first-order valence-electron chi connectivity index (χ1n) is 11.8. The van der Waals surface area contributed by atoms with Gasteiger partial charge in [0, 0.05) is 0 Å². The van der Waals surface area contributed by atoms with Gasteiger partial charge in [-0.1, -0.05) is 119 Å². The minimum Gasteiger partial charge on any atom is -0.192 e. The summed E-state index contributed by atoms with van der Waals surface area (Å²) in [4.78, 5) is 0. The third-order valence-electron chi connectivity index (χ3n) is 5.80. The Bertz CT molecular complexity index is 994. The van der Waals surface area contributed by atoms with Crippen molar-refractivity contribution in [2.75, 3.05) is 0 Å². The fraction of sp³-hybridized carbons (Fsp3) is 0.548. The van der Waals surface area contributed by atoms with E-state index in [0.717, 1.165) is 33.4 Å². The molecule has 0 unspecified atom stereocenters. The third-order valence-corrected chi connectivity index (χ3v) is 5.80. The SMILES string of the molecule is CC(C)(C)c1cccc(C(C)(C)C)c1C#N.Cc1cc(C(C)(C)C)c(C#N)c(C(C)(C)C)c1. The van der Waals surface area contributed by atoms with Crippen molar-refractivity contribution in [2.24, 2.45) is 0 Å². The van der Waals surface area contributed by atoms with Crippen LogP contribution in [0.4, 0.5) is 0 Å². The van der Waals surface area contributed by atoms with Crippen LogP contribution in [0.3, 0.4) is 0 Å². The van der Waals surface area contributed by atoms with Crippen molar-refractivity contribution in [3.63, 3.8) is 0 Å². The van der Waals surface area contributed by atoms with Crippen LogP contribution in [0.25, 0.3) is 0 Å². The van der Waals surface area contributed by atoms with E-state index in [2.05, 4.69) is 132 Å². The molecule has 0 spiro atoms. The largest absolute Gasteiger partial charge is 0.192 e. The molecule has 0 saturated heterocycles. The molecule has 2 nitrogen and oxygen atoms in total. The molecule has 178 valence electrons. The zero-order chi connectivity index (χ0) is 26.0. The second-order valence-electron chi connectivity index (χ2n) is 13.2. The first-order chi connectivity index (χ1) is 14.7. The fourth-order valence-corrected chi connectivity index (χ4v) is 4.01. The van der Waals surface area contributed by atoms with E-state index in [-0.39, 0.29) is 21.7 Å². The molecule has 0 aliphatic rings. The van der Waals surface area contributed by atoms with Crippen molar-refractivity contribution < 1.29 is 0 Å². The molecule has 2 heteroatoms. The van der Waals surface area contributed by atoms with Crippen LogP contribution in [0, 0.1) is 29.6 Å². The van der Waals surface area contributed by atoms with Crippen LogP contribution in [0.1, 0.15) is 122 Å². The molecule has 0 fully saturated rings. The predicted molar refractivity (Wildman–Crippen MR) is 142 cm³/mol. The number of hydrogen-bond donors (Lipinski definition) is 0. The van der Waals surface area contributed by atoms with E-state index < -0.39 is 0 Å². The summed E-state index contributed by atoms with van der Waals surface area (Å²) < 4.78 is 0. The summed E-state index contributed by atoms with van der Waals surface area (Å²) in [6, 6.07) is 15.3. The van der Waals surface area contributed by atoms with Crippen molar-refractivity contribution in [2.45, 2.75) is 112 Å². The Balaban J connectivity index is 0.000000331. The Hall–Kier alpha value is -2.58. The molecule has 0 amide bonds. The molecular weight excluding hydrogens is 400 g/mol. The van der Waals surface area contributed by atoms with Gasteiger partial charge in [0.2, 0.25) is 0 Å². The Morgan fingerprint density at radius 2 is 0.788 bits per heavy atom. The van der Waals surface area contributed by atoms with Crippen molar-refractivity contribution >= 4 is 0 Å². The van der Waals surface area contributed by atoms with Crippen LogP contribution in [-0.4, -0.2) is 0 Å². The minimum absolute atomic E-state index is 0.0110. The smallest absolute Gasteiger partial charge is 0.0997 e. The molecule has 2 aromatic carbocycles. The second-order valence-corrected chi connectivity index (χ2v) is 13.2. The fourth-order valence-electron chi connectivity index (χ4n) is 4.01. The number of aryl methyl sites for hydroxylation is 1. The van der Waals surface area contributed by atoms with Gasteiger partial charge in [0.25, 0.3) is 0 Å². The predicted octanol–water partition coefficient (Wildman–Crippen LogP) is 8.61. The van der Waals surface area contributed by atoms with Gasteiger partial charge in [-0.2, -0.15) is 10.5 Å². The highest BCUT2D eigenvalue weighted by Crippen LogP contribution is 2.35. The molecule has 0 aliphatic carbocycles. The number of hydrogen-bond acceptors (Lipinski definition) is 2. The van der Waals surface area contributed by atoms with Crippen LogP contribution in [0.5, 0.6) is 0 Å². The zero-order valence-corrected chi connectivity index (χ0v) is 23.3. The maximum Gasteiger partial charge on any atom is 0.0997 e. The van der Waals surface area contributed by atoms with Crippen LogP contribution in [0.15, 0.2) is 30.3 Å². The Kier molecular flexibility index (Phi) is 8.39. The van der Waals surface area contributed by atoms with Gasteiger partial charge in [0.15, 0.2) is 0 Å². The number of rotatable bonds is 0. The van der Waals surface area contributed by atoms with Gasteiger partial charge in [-0.05, 0) is 50.8 Å². The van der Waals surface area contributed by atoms with Gasteiger partial charge in [0.1, 0.15) is 0 Å². The van der Waals surface area contributed by atoms with E-state index in [1.54, 1.807) is 0 Å². The summed E-state index contributed by atoms with van der Waals surface area (Å²) >= 11 is 0. The summed E-state index contributed by atoms with van der Waals surface area (Å²) in [5.74, 6) is 0. The average molecular weight is 445 g/mol. The second kappa shape index (κ2) is 9.73. The van der Waals surface area contributed by atoms with Crippen molar-refractivity contribution in [1.82, 2.24) is 0 Å². The maximum atomic E-state index is 9.47. The lowest BCUT2D eigenvalue weighted by atomic mass is 9.76. The number of benzene rings is 2. The van der Waals surface area contributed by atoms with Gasteiger partial charge in [-0.3, -0.25) is 0 Å². The van der Waals surface area contributed by atoms with Crippen LogP contribution in [0.2, 0.25) is 0 Å².